The Kier molecular flexibility index (Phi) is 8.00. The fourth-order valence-corrected chi connectivity index (χ4v) is 6.33. The number of ether oxygens (including phenoxy) is 1. The van der Waals surface area contributed by atoms with Gasteiger partial charge in [0.15, 0.2) is 11.0 Å². The number of thioether (sulfide) groups is 1. The summed E-state index contributed by atoms with van der Waals surface area (Å²) in [5.74, 6) is 0.275. The van der Waals surface area contributed by atoms with E-state index in [0.717, 1.165) is 47.5 Å². The third-order valence-electron chi connectivity index (χ3n) is 6.18. The number of hydrogen-bond donors (Lipinski definition) is 1. The number of nitrogens with zero attached hydrogens (tertiary/aromatic N) is 3. The lowest BCUT2D eigenvalue weighted by Crippen LogP contribution is -2.17. The number of amides is 1. The first-order valence-electron chi connectivity index (χ1n) is 12.0. The van der Waals surface area contributed by atoms with Crippen LogP contribution in [-0.4, -0.2) is 39.5 Å². The Balaban J connectivity index is 1.50. The number of allylic oxidation sites excluding steroid dienone is 1. The molecule has 190 valence electrons. The van der Waals surface area contributed by atoms with Gasteiger partial charge in [0, 0.05) is 17.0 Å². The van der Waals surface area contributed by atoms with Gasteiger partial charge in [0.25, 0.3) is 0 Å². The zero-order valence-corrected chi connectivity index (χ0v) is 22.9. The van der Waals surface area contributed by atoms with E-state index in [1.165, 1.54) is 35.8 Å². The van der Waals surface area contributed by atoms with Crippen LogP contribution in [0.1, 0.15) is 60.0 Å². The molecular formula is C27H32N4O3S2. The molecule has 4 rings (SSSR count). The van der Waals surface area contributed by atoms with E-state index in [9.17, 15) is 9.59 Å². The quantitative estimate of drug-likeness (QED) is 0.225. The van der Waals surface area contributed by atoms with Crippen molar-refractivity contribution < 1.29 is 14.3 Å². The smallest absolute Gasteiger partial charge is 0.341 e. The maximum atomic E-state index is 12.9. The summed E-state index contributed by atoms with van der Waals surface area (Å²) in [6.45, 7) is 10.9. The van der Waals surface area contributed by atoms with Crippen LogP contribution in [0.5, 0.6) is 0 Å². The van der Waals surface area contributed by atoms with Crippen molar-refractivity contribution in [2.45, 2.75) is 63.6 Å². The molecule has 0 atom stereocenters. The fourth-order valence-electron chi connectivity index (χ4n) is 4.29. The molecule has 0 aliphatic heterocycles. The Hall–Kier alpha value is -2.91. The molecule has 0 bridgehead atoms. The van der Waals surface area contributed by atoms with Crippen LogP contribution < -0.4 is 5.32 Å². The number of aromatic nitrogens is 3. The predicted octanol–water partition coefficient (Wildman–Crippen LogP) is 5.89. The van der Waals surface area contributed by atoms with Crippen molar-refractivity contribution in [2.24, 2.45) is 0 Å². The van der Waals surface area contributed by atoms with Crippen molar-refractivity contribution in [3.63, 3.8) is 0 Å². The van der Waals surface area contributed by atoms with E-state index in [4.69, 9.17) is 4.74 Å². The zero-order valence-electron chi connectivity index (χ0n) is 21.2. The summed E-state index contributed by atoms with van der Waals surface area (Å²) < 4.78 is 6.96. The number of anilines is 1. The molecule has 36 heavy (non-hydrogen) atoms. The number of methoxy groups -OCH3 is 1. The first-order valence-corrected chi connectivity index (χ1v) is 13.8. The second kappa shape index (κ2) is 11.0. The highest BCUT2D eigenvalue weighted by atomic mass is 32.2. The molecule has 9 heteroatoms. The Morgan fingerprint density at radius 2 is 1.92 bits per heavy atom. The van der Waals surface area contributed by atoms with E-state index >= 15 is 0 Å². The van der Waals surface area contributed by atoms with Crippen molar-refractivity contribution in [3.05, 3.63) is 58.5 Å². The maximum absolute atomic E-state index is 12.9. The number of rotatable bonds is 8. The van der Waals surface area contributed by atoms with Crippen LogP contribution in [-0.2, 0) is 34.3 Å². The average Bonchev–Trinajstić information content (AvgIpc) is 3.42. The third-order valence-corrected chi connectivity index (χ3v) is 8.36. The first-order chi connectivity index (χ1) is 17.2. The molecule has 1 aromatic carbocycles. The molecule has 1 aliphatic carbocycles. The molecule has 0 unspecified atom stereocenters. The Labute approximate surface area is 220 Å². The monoisotopic (exact) mass is 524 g/mol. The molecule has 0 saturated heterocycles. The van der Waals surface area contributed by atoms with Crippen molar-refractivity contribution >= 4 is 40.0 Å². The maximum Gasteiger partial charge on any atom is 0.341 e. The third kappa shape index (κ3) is 5.57. The molecule has 2 aromatic heterocycles. The minimum Gasteiger partial charge on any atom is -0.465 e. The molecule has 1 amide bonds. The van der Waals surface area contributed by atoms with Gasteiger partial charge in [-0.15, -0.1) is 28.1 Å². The van der Waals surface area contributed by atoms with Gasteiger partial charge in [0.2, 0.25) is 5.91 Å². The highest BCUT2D eigenvalue weighted by Gasteiger charge is 2.27. The second-order valence-corrected chi connectivity index (χ2v) is 11.8. The number of benzene rings is 1. The lowest BCUT2D eigenvalue weighted by Gasteiger charge is -2.19. The van der Waals surface area contributed by atoms with Gasteiger partial charge in [-0.2, -0.15) is 0 Å². The predicted molar refractivity (Wildman–Crippen MR) is 146 cm³/mol. The Morgan fingerprint density at radius 1 is 1.19 bits per heavy atom. The second-order valence-electron chi connectivity index (χ2n) is 9.78. The number of aryl methyl sites for hydroxylation is 1. The fraction of sp³-hybridized carbons (Fsp3) is 0.407. The van der Waals surface area contributed by atoms with E-state index < -0.39 is 5.97 Å². The number of hydrogen-bond acceptors (Lipinski definition) is 7. The van der Waals surface area contributed by atoms with E-state index in [-0.39, 0.29) is 17.1 Å². The summed E-state index contributed by atoms with van der Waals surface area (Å²) in [5, 5.41) is 12.9. The minimum atomic E-state index is -0.398. The summed E-state index contributed by atoms with van der Waals surface area (Å²) in [6, 6.07) is 8.33. The van der Waals surface area contributed by atoms with Gasteiger partial charge in [-0.3, -0.25) is 9.36 Å². The van der Waals surface area contributed by atoms with Crippen LogP contribution in [0.4, 0.5) is 5.00 Å². The number of carbonyl (C=O) groups is 2. The number of esters is 1. The summed E-state index contributed by atoms with van der Waals surface area (Å²) >= 11 is 2.79. The molecule has 1 aliphatic rings. The van der Waals surface area contributed by atoms with Crippen LogP contribution in [0.3, 0.4) is 0 Å². The van der Waals surface area contributed by atoms with Crippen molar-refractivity contribution in [1.29, 1.82) is 0 Å². The van der Waals surface area contributed by atoms with E-state index in [2.05, 4.69) is 67.1 Å². The van der Waals surface area contributed by atoms with E-state index in [1.807, 2.05) is 4.57 Å². The Morgan fingerprint density at radius 3 is 2.58 bits per heavy atom. The molecule has 1 N–H and O–H groups in total. The Bertz CT molecular complexity index is 1270. The molecule has 0 saturated carbocycles. The highest BCUT2D eigenvalue weighted by molar-refractivity contribution is 7.99. The van der Waals surface area contributed by atoms with Crippen LogP contribution in [0.15, 0.2) is 42.1 Å². The van der Waals surface area contributed by atoms with Gasteiger partial charge in [0.1, 0.15) is 5.00 Å². The van der Waals surface area contributed by atoms with E-state index in [0.29, 0.717) is 22.3 Å². The highest BCUT2D eigenvalue weighted by Crippen LogP contribution is 2.38. The molecule has 2 heterocycles. The van der Waals surface area contributed by atoms with Crippen LogP contribution >= 0.6 is 23.1 Å². The topological polar surface area (TPSA) is 86.1 Å². The van der Waals surface area contributed by atoms with Crippen molar-refractivity contribution in [3.8, 4) is 11.4 Å². The average molecular weight is 525 g/mol. The summed E-state index contributed by atoms with van der Waals surface area (Å²) in [6.07, 6.45) is 5.69. The normalized spacial score (nSPS) is 13.2. The molecule has 0 spiro atoms. The van der Waals surface area contributed by atoms with Gasteiger partial charge in [-0.1, -0.05) is 62.9 Å². The SMILES string of the molecule is C=CCn1c(SCC(=O)Nc2sc3c(c2C(=O)OC)CCCC3)nnc1-c1ccc(C(C)(C)C)cc1. The minimum absolute atomic E-state index is 0.0667. The van der Waals surface area contributed by atoms with Crippen molar-refractivity contribution in [2.75, 3.05) is 18.2 Å². The largest absolute Gasteiger partial charge is 0.465 e. The van der Waals surface area contributed by atoms with Crippen LogP contribution in [0.25, 0.3) is 11.4 Å². The van der Waals surface area contributed by atoms with Gasteiger partial charge in [-0.25, -0.2) is 4.79 Å². The van der Waals surface area contributed by atoms with Crippen LogP contribution in [0.2, 0.25) is 0 Å². The zero-order chi connectivity index (χ0) is 25.9. The number of nitrogens with one attached hydrogen (secondary N) is 1. The molecule has 0 radical (unpaired) electrons. The molecule has 3 aromatic rings. The van der Waals surface area contributed by atoms with Crippen molar-refractivity contribution in [1.82, 2.24) is 14.8 Å². The molecular weight excluding hydrogens is 492 g/mol. The molecule has 7 nitrogen and oxygen atoms in total. The van der Waals surface area contributed by atoms with Gasteiger partial charge < -0.3 is 10.1 Å². The summed E-state index contributed by atoms with van der Waals surface area (Å²) in [5.41, 5.74) is 3.80. The van der Waals surface area contributed by atoms with Gasteiger partial charge in [-0.05, 0) is 42.2 Å². The van der Waals surface area contributed by atoms with E-state index in [1.54, 1.807) is 6.08 Å². The first kappa shape index (κ1) is 26.2. The lowest BCUT2D eigenvalue weighted by atomic mass is 9.87. The summed E-state index contributed by atoms with van der Waals surface area (Å²) in [4.78, 5) is 26.5. The van der Waals surface area contributed by atoms with Gasteiger partial charge >= 0.3 is 5.97 Å². The summed E-state index contributed by atoms with van der Waals surface area (Å²) in [7, 11) is 1.37. The number of thiophene rings is 1. The number of carbonyl (C=O) groups excluding carboxylic acids is 2. The van der Waals surface area contributed by atoms with Gasteiger partial charge in [0.05, 0.1) is 18.4 Å². The number of fused-ring (bicyclic) bond motifs is 1. The molecule has 0 fully saturated rings. The standard InChI is InChI=1S/C27H32N4O3S2/c1-6-15-31-23(17-11-13-18(14-12-17)27(2,3)4)29-30-26(31)35-16-21(32)28-24-22(25(33)34-5)19-9-7-8-10-20(19)36-24/h6,11-14H,1,7-10,15-16H2,2-5H3,(H,28,32). The lowest BCUT2D eigenvalue weighted by molar-refractivity contribution is -0.113. The van der Waals surface area contributed by atoms with Crippen LogP contribution in [0, 0.1) is 0 Å².